The minimum absolute atomic E-state index is 0.314. The summed E-state index contributed by atoms with van der Waals surface area (Å²) in [6.07, 6.45) is 0.892. The van der Waals surface area contributed by atoms with Gasteiger partial charge in [-0.2, -0.15) is 0 Å². The number of benzene rings is 1. The molecule has 0 N–H and O–H groups in total. The lowest BCUT2D eigenvalue weighted by Crippen LogP contribution is -2.04. The largest absolute Gasteiger partial charge is 0.420 e. The standard InChI is InChI=1S/C9H6F2O2/c1-2-9(12)13-8-4-3-6(10)5-7(8)11/h2-5H,1H2. The van der Waals surface area contributed by atoms with E-state index in [-0.39, 0.29) is 5.75 Å². The Morgan fingerprint density at radius 1 is 1.46 bits per heavy atom. The van der Waals surface area contributed by atoms with Crippen LogP contribution in [0.25, 0.3) is 0 Å². The molecule has 13 heavy (non-hydrogen) atoms. The van der Waals surface area contributed by atoms with Crippen LogP contribution in [-0.4, -0.2) is 5.97 Å². The molecule has 68 valence electrons. The van der Waals surface area contributed by atoms with Gasteiger partial charge in [0.2, 0.25) is 0 Å². The highest BCUT2D eigenvalue weighted by atomic mass is 19.1. The molecule has 1 aromatic rings. The van der Waals surface area contributed by atoms with Gasteiger partial charge in [0, 0.05) is 12.1 Å². The first-order valence-electron chi connectivity index (χ1n) is 3.43. The van der Waals surface area contributed by atoms with Crippen molar-refractivity contribution in [1.29, 1.82) is 0 Å². The number of rotatable bonds is 2. The minimum Gasteiger partial charge on any atom is -0.420 e. The second kappa shape index (κ2) is 3.80. The lowest BCUT2D eigenvalue weighted by atomic mass is 10.3. The van der Waals surface area contributed by atoms with Crippen LogP contribution < -0.4 is 4.74 Å². The SMILES string of the molecule is C=CC(=O)Oc1ccc(F)cc1F. The lowest BCUT2D eigenvalue weighted by molar-refractivity contribution is -0.129. The van der Waals surface area contributed by atoms with Crippen molar-refractivity contribution in [3.63, 3.8) is 0 Å². The summed E-state index contributed by atoms with van der Waals surface area (Å²) in [7, 11) is 0. The number of halogens is 2. The van der Waals surface area contributed by atoms with Crippen LogP contribution in [0, 0.1) is 11.6 Å². The van der Waals surface area contributed by atoms with E-state index in [4.69, 9.17) is 0 Å². The summed E-state index contributed by atoms with van der Waals surface area (Å²) < 4.78 is 29.6. The molecule has 0 saturated heterocycles. The van der Waals surface area contributed by atoms with Crippen molar-refractivity contribution in [2.75, 3.05) is 0 Å². The van der Waals surface area contributed by atoms with Crippen molar-refractivity contribution in [1.82, 2.24) is 0 Å². The molecule has 0 heterocycles. The lowest BCUT2D eigenvalue weighted by Gasteiger charge is -2.01. The van der Waals surface area contributed by atoms with Crippen LogP contribution in [0.4, 0.5) is 8.78 Å². The van der Waals surface area contributed by atoms with Gasteiger partial charge in [0.1, 0.15) is 5.82 Å². The van der Waals surface area contributed by atoms with Gasteiger partial charge in [0.05, 0.1) is 0 Å². The molecule has 0 unspecified atom stereocenters. The van der Waals surface area contributed by atoms with Crippen LogP contribution in [0.2, 0.25) is 0 Å². The molecule has 1 rings (SSSR count). The molecule has 4 heteroatoms. The molecule has 0 aliphatic rings. The highest BCUT2D eigenvalue weighted by molar-refractivity contribution is 5.83. The van der Waals surface area contributed by atoms with Crippen LogP contribution in [-0.2, 0) is 4.79 Å². The highest BCUT2D eigenvalue weighted by Crippen LogP contribution is 2.17. The van der Waals surface area contributed by atoms with E-state index in [9.17, 15) is 13.6 Å². The van der Waals surface area contributed by atoms with Gasteiger partial charge in [0.15, 0.2) is 11.6 Å². The zero-order chi connectivity index (χ0) is 9.84. The predicted octanol–water partition coefficient (Wildman–Crippen LogP) is 2.06. The van der Waals surface area contributed by atoms with Crippen molar-refractivity contribution < 1.29 is 18.3 Å². The van der Waals surface area contributed by atoms with Gasteiger partial charge >= 0.3 is 5.97 Å². The maximum absolute atomic E-state index is 12.8. The first kappa shape index (κ1) is 9.38. The van der Waals surface area contributed by atoms with Gasteiger partial charge in [0.25, 0.3) is 0 Å². The first-order valence-corrected chi connectivity index (χ1v) is 3.43. The fraction of sp³-hybridized carbons (Fsp3) is 0. The Balaban J connectivity index is 2.89. The third kappa shape index (κ3) is 2.37. The molecule has 0 bridgehead atoms. The van der Waals surface area contributed by atoms with Crippen molar-refractivity contribution in [3.8, 4) is 5.75 Å². The molecule has 0 atom stereocenters. The van der Waals surface area contributed by atoms with Gasteiger partial charge < -0.3 is 4.74 Å². The van der Waals surface area contributed by atoms with Crippen LogP contribution >= 0.6 is 0 Å². The van der Waals surface area contributed by atoms with Crippen molar-refractivity contribution in [3.05, 3.63) is 42.5 Å². The summed E-state index contributed by atoms with van der Waals surface area (Å²) in [4.78, 5) is 10.6. The van der Waals surface area contributed by atoms with E-state index in [0.717, 1.165) is 18.2 Å². The number of carbonyl (C=O) groups is 1. The van der Waals surface area contributed by atoms with E-state index in [2.05, 4.69) is 11.3 Å². The quantitative estimate of drug-likeness (QED) is 0.399. The molecule has 2 nitrogen and oxygen atoms in total. The van der Waals surface area contributed by atoms with Crippen LogP contribution in [0.3, 0.4) is 0 Å². The Labute approximate surface area is 73.4 Å². The van der Waals surface area contributed by atoms with Gasteiger partial charge in [-0.05, 0) is 12.1 Å². The van der Waals surface area contributed by atoms with Gasteiger partial charge in [-0.25, -0.2) is 13.6 Å². The minimum atomic E-state index is -0.921. The monoisotopic (exact) mass is 184 g/mol. The Morgan fingerprint density at radius 3 is 2.69 bits per heavy atom. The van der Waals surface area contributed by atoms with Crippen molar-refractivity contribution >= 4 is 5.97 Å². The maximum Gasteiger partial charge on any atom is 0.335 e. The average Bonchev–Trinajstić information content (AvgIpc) is 2.09. The first-order chi connectivity index (χ1) is 6.13. The topological polar surface area (TPSA) is 26.3 Å². The molecular formula is C9H6F2O2. The number of hydrogen-bond acceptors (Lipinski definition) is 2. The van der Waals surface area contributed by atoms with Crippen LogP contribution in [0.15, 0.2) is 30.9 Å². The fourth-order valence-electron chi connectivity index (χ4n) is 0.708. The third-order valence-electron chi connectivity index (χ3n) is 1.27. The Hall–Kier alpha value is -1.71. The summed E-state index contributed by atoms with van der Waals surface area (Å²) in [6.45, 7) is 3.13. The van der Waals surface area contributed by atoms with E-state index in [0.29, 0.717) is 6.07 Å². The predicted molar refractivity (Wildman–Crippen MR) is 42.2 cm³/mol. The summed E-state index contributed by atoms with van der Waals surface area (Å²) in [5.41, 5.74) is 0. The summed E-state index contributed by atoms with van der Waals surface area (Å²) >= 11 is 0. The zero-order valence-electron chi connectivity index (χ0n) is 6.59. The summed E-state index contributed by atoms with van der Waals surface area (Å²) in [5.74, 6) is -2.75. The molecular weight excluding hydrogens is 178 g/mol. The number of hydrogen-bond donors (Lipinski definition) is 0. The second-order valence-electron chi connectivity index (χ2n) is 2.20. The maximum atomic E-state index is 12.8. The Kier molecular flexibility index (Phi) is 2.74. The Bertz CT molecular complexity index is 347. The van der Waals surface area contributed by atoms with E-state index in [1.807, 2.05) is 0 Å². The average molecular weight is 184 g/mol. The molecule has 0 amide bonds. The fourth-order valence-corrected chi connectivity index (χ4v) is 0.708. The molecule has 0 radical (unpaired) electrons. The summed E-state index contributed by atoms with van der Waals surface area (Å²) in [6, 6.07) is 2.66. The number of carbonyl (C=O) groups excluding carboxylic acids is 1. The molecule has 0 saturated carbocycles. The highest BCUT2D eigenvalue weighted by Gasteiger charge is 2.07. The summed E-state index contributed by atoms with van der Waals surface area (Å²) in [5, 5.41) is 0. The molecule has 0 aliphatic heterocycles. The molecule has 1 aromatic carbocycles. The molecule has 0 spiro atoms. The zero-order valence-corrected chi connectivity index (χ0v) is 6.59. The molecule has 0 fully saturated rings. The van der Waals surface area contributed by atoms with Crippen LogP contribution in [0.5, 0.6) is 5.75 Å². The van der Waals surface area contributed by atoms with Gasteiger partial charge in [-0.3, -0.25) is 0 Å². The number of esters is 1. The van der Waals surface area contributed by atoms with E-state index in [1.165, 1.54) is 0 Å². The van der Waals surface area contributed by atoms with Crippen molar-refractivity contribution in [2.24, 2.45) is 0 Å². The molecule has 0 aliphatic carbocycles. The van der Waals surface area contributed by atoms with Gasteiger partial charge in [-0.15, -0.1) is 0 Å². The second-order valence-corrected chi connectivity index (χ2v) is 2.20. The van der Waals surface area contributed by atoms with E-state index < -0.39 is 17.6 Å². The molecule has 0 aromatic heterocycles. The Morgan fingerprint density at radius 2 is 2.15 bits per heavy atom. The smallest absolute Gasteiger partial charge is 0.335 e. The van der Waals surface area contributed by atoms with E-state index >= 15 is 0 Å². The van der Waals surface area contributed by atoms with Gasteiger partial charge in [-0.1, -0.05) is 6.58 Å². The number of ether oxygens (including phenoxy) is 1. The third-order valence-corrected chi connectivity index (χ3v) is 1.27. The van der Waals surface area contributed by atoms with Crippen molar-refractivity contribution in [2.45, 2.75) is 0 Å². The van der Waals surface area contributed by atoms with Crippen LogP contribution in [0.1, 0.15) is 0 Å². The normalized spacial score (nSPS) is 9.38. The van der Waals surface area contributed by atoms with E-state index in [1.54, 1.807) is 0 Å².